The fourth-order valence-corrected chi connectivity index (χ4v) is 3.80. The van der Waals surface area contributed by atoms with Crippen LogP contribution in [0.2, 0.25) is 0 Å². The molecule has 0 spiro atoms. The van der Waals surface area contributed by atoms with E-state index in [2.05, 4.69) is 0 Å². The van der Waals surface area contributed by atoms with Crippen LogP contribution in [-0.4, -0.2) is 17.1 Å². The molecule has 0 bridgehead atoms. The predicted octanol–water partition coefficient (Wildman–Crippen LogP) is 3.87. The topological polar surface area (TPSA) is 72.6 Å². The van der Waals surface area contributed by atoms with Crippen molar-refractivity contribution in [2.24, 2.45) is 0 Å². The van der Waals surface area contributed by atoms with E-state index >= 15 is 0 Å². The van der Waals surface area contributed by atoms with Gasteiger partial charge in [-0.3, -0.25) is 10.1 Å². The van der Waals surface area contributed by atoms with Gasteiger partial charge < -0.3 is 9.84 Å². The minimum atomic E-state index is -0.705. The third-order valence-corrected chi connectivity index (χ3v) is 5.07. The summed E-state index contributed by atoms with van der Waals surface area (Å²) < 4.78 is 5.63. The minimum Gasteiger partial charge on any atom is -0.497 e. The zero-order valence-corrected chi connectivity index (χ0v) is 12.5. The minimum absolute atomic E-state index is 0.0340. The van der Waals surface area contributed by atoms with Gasteiger partial charge in [-0.1, -0.05) is 11.8 Å². The summed E-state index contributed by atoms with van der Waals surface area (Å²) in [5, 5.41) is 20.6. The molecule has 7 heteroatoms. The first-order chi connectivity index (χ1) is 9.51. The lowest BCUT2D eigenvalue weighted by molar-refractivity contribution is -0.387. The van der Waals surface area contributed by atoms with E-state index in [4.69, 9.17) is 4.74 Å². The van der Waals surface area contributed by atoms with E-state index in [1.54, 1.807) is 26.2 Å². The van der Waals surface area contributed by atoms with Gasteiger partial charge in [-0.15, -0.1) is 11.3 Å². The van der Waals surface area contributed by atoms with E-state index in [9.17, 15) is 15.2 Å². The lowest BCUT2D eigenvalue weighted by Crippen LogP contribution is -1.87. The zero-order valence-electron chi connectivity index (χ0n) is 10.9. The molecule has 5 nitrogen and oxygen atoms in total. The number of aliphatic hydroxyl groups is 1. The first-order valence-corrected chi connectivity index (χ1v) is 7.42. The molecular formula is C13H13NO4S2. The third kappa shape index (κ3) is 3.30. The molecule has 0 aliphatic carbocycles. The Bertz CT molecular complexity index is 607. The van der Waals surface area contributed by atoms with Crippen LogP contribution in [0.4, 0.5) is 5.69 Å². The number of hydrogen-bond acceptors (Lipinski definition) is 6. The lowest BCUT2D eigenvalue weighted by Gasteiger charge is -2.01. The number of ether oxygens (including phenoxy) is 1. The predicted molar refractivity (Wildman–Crippen MR) is 78.7 cm³/mol. The van der Waals surface area contributed by atoms with Gasteiger partial charge in [0.2, 0.25) is 0 Å². The molecule has 1 atom stereocenters. The highest BCUT2D eigenvalue weighted by molar-refractivity contribution is 8.01. The number of rotatable bonds is 5. The summed E-state index contributed by atoms with van der Waals surface area (Å²) in [6.07, 6.45) is -0.705. The number of nitro groups is 1. The highest BCUT2D eigenvalue weighted by Crippen LogP contribution is 2.43. The summed E-state index contributed by atoms with van der Waals surface area (Å²) >= 11 is 2.55. The number of thiophene rings is 1. The Morgan fingerprint density at radius 3 is 2.55 bits per heavy atom. The highest BCUT2D eigenvalue weighted by Gasteiger charge is 2.21. The van der Waals surface area contributed by atoms with Crippen molar-refractivity contribution >= 4 is 28.8 Å². The lowest BCUT2D eigenvalue weighted by atomic mass is 10.3. The quantitative estimate of drug-likeness (QED) is 0.670. The second kappa shape index (κ2) is 6.25. The van der Waals surface area contributed by atoms with Crippen LogP contribution in [0.15, 0.2) is 39.4 Å². The molecule has 1 aromatic carbocycles. The highest BCUT2D eigenvalue weighted by atomic mass is 32.2. The number of aliphatic hydroxyl groups excluding tert-OH is 1. The maximum absolute atomic E-state index is 11.0. The molecule has 1 N–H and O–H groups in total. The summed E-state index contributed by atoms with van der Waals surface area (Å²) in [4.78, 5) is 12.1. The maximum Gasteiger partial charge on any atom is 0.294 e. The normalized spacial score (nSPS) is 12.2. The molecule has 0 unspecified atom stereocenters. The van der Waals surface area contributed by atoms with Crippen molar-refractivity contribution in [1.29, 1.82) is 0 Å². The molecule has 20 heavy (non-hydrogen) atoms. The van der Waals surface area contributed by atoms with Gasteiger partial charge in [-0.05, 0) is 31.2 Å². The van der Waals surface area contributed by atoms with Crippen LogP contribution in [0, 0.1) is 10.1 Å². The molecule has 1 heterocycles. The largest absolute Gasteiger partial charge is 0.497 e. The Morgan fingerprint density at radius 2 is 2.05 bits per heavy atom. The summed E-state index contributed by atoms with van der Waals surface area (Å²) in [5.41, 5.74) is 0.0340. The molecule has 2 rings (SSSR count). The molecule has 0 aliphatic rings. The van der Waals surface area contributed by atoms with Crippen molar-refractivity contribution in [2.45, 2.75) is 22.1 Å². The molecule has 0 saturated carbocycles. The second-order valence-corrected chi connectivity index (χ2v) is 6.46. The molecule has 2 aromatic rings. The van der Waals surface area contributed by atoms with Gasteiger partial charge >= 0.3 is 0 Å². The smallest absolute Gasteiger partial charge is 0.294 e. The Morgan fingerprint density at radius 1 is 1.40 bits per heavy atom. The van der Waals surface area contributed by atoms with Crippen molar-refractivity contribution in [2.75, 3.05) is 7.11 Å². The van der Waals surface area contributed by atoms with Crippen LogP contribution >= 0.6 is 23.1 Å². The molecule has 0 fully saturated rings. The van der Waals surface area contributed by atoms with Gasteiger partial charge in [0.15, 0.2) is 0 Å². The fraction of sp³-hybridized carbons (Fsp3) is 0.231. The van der Waals surface area contributed by atoms with Crippen LogP contribution in [0.3, 0.4) is 0 Å². The Hall–Kier alpha value is -1.57. The first kappa shape index (κ1) is 14.8. The molecule has 0 aliphatic heterocycles. The van der Waals surface area contributed by atoms with E-state index < -0.39 is 11.0 Å². The van der Waals surface area contributed by atoms with Crippen molar-refractivity contribution in [1.82, 2.24) is 0 Å². The third-order valence-electron chi connectivity index (χ3n) is 2.58. The SMILES string of the molecule is COc1ccc(Sc2sc([C@H](C)O)cc2[N+](=O)[O-])cc1. The van der Waals surface area contributed by atoms with Crippen molar-refractivity contribution in [3.8, 4) is 5.75 Å². The van der Waals surface area contributed by atoms with Gasteiger partial charge in [0, 0.05) is 15.8 Å². The van der Waals surface area contributed by atoms with Crippen molar-refractivity contribution in [3.63, 3.8) is 0 Å². The Balaban J connectivity index is 2.29. The molecule has 106 valence electrons. The average Bonchev–Trinajstić information content (AvgIpc) is 2.84. The monoisotopic (exact) mass is 311 g/mol. The number of benzene rings is 1. The zero-order chi connectivity index (χ0) is 14.7. The van der Waals surface area contributed by atoms with Crippen molar-refractivity contribution < 1.29 is 14.8 Å². The first-order valence-electron chi connectivity index (χ1n) is 5.79. The maximum atomic E-state index is 11.0. The van der Waals surface area contributed by atoms with Crippen LogP contribution < -0.4 is 4.74 Å². The Labute approximate surface area is 124 Å². The average molecular weight is 311 g/mol. The second-order valence-electron chi connectivity index (χ2n) is 4.03. The number of hydrogen-bond donors (Lipinski definition) is 1. The number of methoxy groups -OCH3 is 1. The Kier molecular flexibility index (Phi) is 4.64. The van der Waals surface area contributed by atoms with E-state index in [1.165, 1.54) is 29.2 Å². The van der Waals surface area contributed by atoms with Crippen molar-refractivity contribution in [3.05, 3.63) is 45.3 Å². The van der Waals surface area contributed by atoms with Gasteiger partial charge in [0.1, 0.15) is 9.96 Å². The van der Waals surface area contributed by atoms with Crippen LogP contribution in [-0.2, 0) is 0 Å². The van der Waals surface area contributed by atoms with Gasteiger partial charge in [0.25, 0.3) is 5.69 Å². The van der Waals surface area contributed by atoms with Gasteiger partial charge in [-0.2, -0.15) is 0 Å². The van der Waals surface area contributed by atoms with E-state index in [0.717, 1.165) is 10.6 Å². The summed E-state index contributed by atoms with van der Waals surface area (Å²) in [7, 11) is 1.58. The van der Waals surface area contributed by atoms with Crippen LogP contribution in [0.5, 0.6) is 5.75 Å². The number of nitrogens with zero attached hydrogens (tertiary/aromatic N) is 1. The summed E-state index contributed by atoms with van der Waals surface area (Å²) in [6.45, 7) is 1.59. The van der Waals surface area contributed by atoms with Crippen LogP contribution in [0.25, 0.3) is 0 Å². The van der Waals surface area contributed by atoms with Crippen LogP contribution in [0.1, 0.15) is 17.9 Å². The molecule has 0 saturated heterocycles. The summed E-state index contributed by atoms with van der Waals surface area (Å²) in [6, 6.07) is 8.72. The summed E-state index contributed by atoms with van der Waals surface area (Å²) in [5.74, 6) is 0.736. The molecule has 1 aromatic heterocycles. The van der Waals surface area contributed by atoms with Gasteiger partial charge in [0.05, 0.1) is 18.1 Å². The fourth-order valence-electron chi connectivity index (χ4n) is 1.54. The van der Waals surface area contributed by atoms with E-state index in [1.807, 2.05) is 12.1 Å². The standard InChI is InChI=1S/C13H13NO4S2/c1-8(15)12-7-11(14(16)17)13(20-12)19-10-5-3-9(18-2)4-6-10/h3-8,15H,1-2H3/t8-/m0/s1. The molecule has 0 amide bonds. The van der Waals surface area contributed by atoms with Gasteiger partial charge in [-0.25, -0.2) is 0 Å². The van der Waals surface area contributed by atoms with E-state index in [0.29, 0.717) is 9.09 Å². The van der Waals surface area contributed by atoms with E-state index in [-0.39, 0.29) is 5.69 Å². The molecule has 0 radical (unpaired) electrons. The molecular weight excluding hydrogens is 298 g/mol.